The van der Waals surface area contributed by atoms with Crippen molar-refractivity contribution in [3.8, 4) is 0 Å². The molecule has 0 saturated carbocycles. The maximum atomic E-state index is 13.6. The van der Waals surface area contributed by atoms with Crippen molar-refractivity contribution in [3.05, 3.63) is 87.7 Å². The number of hydrogen-bond donors (Lipinski definition) is 0. The van der Waals surface area contributed by atoms with E-state index in [4.69, 9.17) is 16.6 Å². The summed E-state index contributed by atoms with van der Waals surface area (Å²) in [6.07, 6.45) is 1.92. The minimum absolute atomic E-state index is 0.0976. The van der Waals surface area contributed by atoms with E-state index in [0.717, 1.165) is 16.0 Å². The zero-order chi connectivity index (χ0) is 23.0. The van der Waals surface area contributed by atoms with Gasteiger partial charge in [0.1, 0.15) is 0 Å². The van der Waals surface area contributed by atoms with Gasteiger partial charge in [0.15, 0.2) is 4.80 Å². The van der Waals surface area contributed by atoms with Crippen LogP contribution < -0.4 is 14.9 Å². The topological polar surface area (TPSA) is 54.7 Å². The van der Waals surface area contributed by atoms with Gasteiger partial charge in [-0.25, -0.2) is 4.99 Å². The third-order valence-corrected chi connectivity index (χ3v) is 7.85. The van der Waals surface area contributed by atoms with E-state index in [0.29, 0.717) is 38.7 Å². The predicted octanol–water partition coefficient (Wildman–Crippen LogP) is 4.13. The number of fused-ring (bicyclic) bond motifs is 1. The van der Waals surface area contributed by atoms with Crippen LogP contribution in [0.4, 0.5) is 0 Å². The molecule has 166 valence electrons. The van der Waals surface area contributed by atoms with Gasteiger partial charge in [-0.3, -0.25) is 14.2 Å². The minimum Gasteiger partial charge on any atom is -0.339 e. The fourth-order valence-corrected chi connectivity index (χ4v) is 5.98. The van der Waals surface area contributed by atoms with Gasteiger partial charge >= 0.3 is 0 Å². The molecule has 4 rings (SSSR count). The third-order valence-electron chi connectivity index (χ3n) is 5.65. The van der Waals surface area contributed by atoms with Gasteiger partial charge in [-0.1, -0.05) is 35.1 Å². The molecule has 1 atom stereocenters. The largest absolute Gasteiger partial charge is 0.339 e. The minimum atomic E-state index is -0.553. The van der Waals surface area contributed by atoms with Crippen LogP contribution in [0.5, 0.6) is 0 Å². The lowest BCUT2D eigenvalue weighted by atomic mass is 9.94. The number of thiophene rings is 1. The van der Waals surface area contributed by atoms with E-state index in [9.17, 15) is 9.59 Å². The lowest BCUT2D eigenvalue weighted by Gasteiger charge is -2.29. The van der Waals surface area contributed by atoms with Gasteiger partial charge in [-0.05, 0) is 68.5 Å². The Morgan fingerprint density at radius 2 is 1.88 bits per heavy atom. The Labute approximate surface area is 199 Å². The first-order valence-electron chi connectivity index (χ1n) is 10.5. The summed E-state index contributed by atoms with van der Waals surface area (Å²) in [5.41, 5.74) is 2.99. The molecule has 0 radical (unpaired) electrons. The number of hydrogen-bond acceptors (Lipinski definition) is 5. The molecule has 3 heterocycles. The number of thiazole rings is 1. The molecule has 0 aliphatic carbocycles. The van der Waals surface area contributed by atoms with Crippen LogP contribution >= 0.6 is 34.3 Å². The highest BCUT2D eigenvalue weighted by atomic mass is 35.5. The zero-order valence-corrected chi connectivity index (χ0v) is 20.8. The van der Waals surface area contributed by atoms with Crippen molar-refractivity contribution in [2.24, 2.45) is 4.99 Å². The Balaban J connectivity index is 1.97. The van der Waals surface area contributed by atoms with E-state index in [2.05, 4.69) is 0 Å². The van der Waals surface area contributed by atoms with Gasteiger partial charge in [-0.15, -0.1) is 11.3 Å². The van der Waals surface area contributed by atoms with Crippen LogP contribution in [0, 0.1) is 6.92 Å². The highest BCUT2D eigenvalue weighted by Gasteiger charge is 2.34. The molecule has 2 aromatic heterocycles. The second-order valence-corrected chi connectivity index (χ2v) is 9.97. The summed E-state index contributed by atoms with van der Waals surface area (Å²) >= 11 is 9.09. The van der Waals surface area contributed by atoms with Crippen LogP contribution in [0.15, 0.2) is 56.8 Å². The molecule has 1 aliphatic heterocycles. The Morgan fingerprint density at radius 3 is 2.47 bits per heavy atom. The van der Waals surface area contributed by atoms with Gasteiger partial charge < -0.3 is 4.90 Å². The van der Waals surface area contributed by atoms with E-state index >= 15 is 0 Å². The van der Waals surface area contributed by atoms with Crippen molar-refractivity contribution in [2.75, 3.05) is 13.1 Å². The molecule has 0 bridgehead atoms. The fraction of sp³-hybridized carbons (Fsp3) is 0.292. The van der Waals surface area contributed by atoms with Crippen molar-refractivity contribution in [1.29, 1.82) is 0 Å². The second-order valence-electron chi connectivity index (χ2n) is 7.58. The van der Waals surface area contributed by atoms with Crippen LogP contribution in [0.1, 0.15) is 42.8 Å². The predicted molar refractivity (Wildman–Crippen MR) is 132 cm³/mol. The van der Waals surface area contributed by atoms with E-state index in [1.807, 2.05) is 57.4 Å². The maximum Gasteiger partial charge on any atom is 0.271 e. The van der Waals surface area contributed by atoms with Gasteiger partial charge in [-0.2, -0.15) is 0 Å². The molecule has 32 heavy (non-hydrogen) atoms. The highest BCUT2D eigenvalue weighted by molar-refractivity contribution is 7.11. The molecular weight excluding hydrogens is 462 g/mol. The fourth-order valence-electron chi connectivity index (χ4n) is 3.89. The van der Waals surface area contributed by atoms with Crippen molar-refractivity contribution >= 4 is 46.3 Å². The number of rotatable bonds is 5. The Kier molecular flexibility index (Phi) is 6.51. The molecule has 1 amide bonds. The van der Waals surface area contributed by atoms with E-state index < -0.39 is 6.04 Å². The van der Waals surface area contributed by atoms with Crippen LogP contribution in [-0.4, -0.2) is 28.5 Å². The number of carbonyl (C=O) groups is 1. The normalized spacial score (nSPS) is 16.2. The van der Waals surface area contributed by atoms with Gasteiger partial charge in [0.05, 0.1) is 21.8 Å². The number of allylic oxidation sites excluding steroid dienone is 1. The summed E-state index contributed by atoms with van der Waals surface area (Å²) in [6, 6.07) is 8.81. The average molecular weight is 486 g/mol. The Hall–Kier alpha value is -2.48. The Morgan fingerprint density at radius 1 is 1.19 bits per heavy atom. The van der Waals surface area contributed by atoms with Crippen LogP contribution in [-0.2, 0) is 4.79 Å². The zero-order valence-electron chi connectivity index (χ0n) is 18.4. The summed E-state index contributed by atoms with van der Waals surface area (Å²) in [6.45, 7) is 8.95. The maximum absolute atomic E-state index is 13.6. The number of aryl methyl sites for hydroxylation is 1. The molecule has 0 unspecified atom stereocenters. The molecule has 1 aromatic carbocycles. The van der Waals surface area contributed by atoms with Gasteiger partial charge in [0.2, 0.25) is 0 Å². The third kappa shape index (κ3) is 4.00. The highest BCUT2D eigenvalue weighted by Crippen LogP contribution is 2.31. The lowest BCUT2D eigenvalue weighted by Crippen LogP contribution is -2.43. The first-order valence-corrected chi connectivity index (χ1v) is 12.5. The molecular formula is C24H24ClN3O2S2. The van der Waals surface area contributed by atoms with Crippen molar-refractivity contribution in [3.63, 3.8) is 0 Å². The monoisotopic (exact) mass is 485 g/mol. The molecule has 8 heteroatoms. The molecule has 3 aromatic rings. The smallest absolute Gasteiger partial charge is 0.271 e. The van der Waals surface area contributed by atoms with E-state index in [1.54, 1.807) is 32.9 Å². The first kappa shape index (κ1) is 22.7. The van der Waals surface area contributed by atoms with Gasteiger partial charge in [0, 0.05) is 23.0 Å². The molecule has 0 saturated heterocycles. The second kappa shape index (κ2) is 9.17. The molecule has 0 fully saturated rings. The number of benzene rings is 1. The lowest BCUT2D eigenvalue weighted by molar-refractivity contribution is -0.127. The summed E-state index contributed by atoms with van der Waals surface area (Å²) < 4.78 is 2.27. The molecule has 0 N–H and O–H groups in total. The van der Waals surface area contributed by atoms with Crippen LogP contribution in [0.2, 0.25) is 5.02 Å². The van der Waals surface area contributed by atoms with Crippen LogP contribution in [0.3, 0.4) is 0 Å². The SMILES string of the molecule is CCN(CC)C(=O)C1=C(C)N=c2s/c(=C/c3sccc3C)c(=O)n2[C@@H]1c1ccc(Cl)cc1. The summed E-state index contributed by atoms with van der Waals surface area (Å²) in [5.74, 6) is -0.0976. The van der Waals surface area contributed by atoms with Crippen molar-refractivity contribution in [2.45, 2.75) is 33.7 Å². The number of aromatic nitrogens is 1. The van der Waals surface area contributed by atoms with Crippen molar-refractivity contribution in [1.82, 2.24) is 9.47 Å². The summed E-state index contributed by atoms with van der Waals surface area (Å²) in [7, 11) is 0. The molecule has 1 aliphatic rings. The first-order chi connectivity index (χ1) is 15.3. The van der Waals surface area contributed by atoms with Crippen LogP contribution in [0.25, 0.3) is 6.08 Å². The summed E-state index contributed by atoms with van der Waals surface area (Å²) in [5, 5.41) is 2.62. The number of halogens is 1. The van der Waals surface area contributed by atoms with E-state index in [1.165, 1.54) is 11.3 Å². The van der Waals surface area contributed by atoms with Gasteiger partial charge in [0.25, 0.3) is 11.5 Å². The number of carbonyl (C=O) groups excluding carboxylic acids is 1. The number of amides is 1. The Bertz CT molecular complexity index is 1380. The van der Waals surface area contributed by atoms with Crippen molar-refractivity contribution < 1.29 is 4.79 Å². The number of likely N-dealkylation sites (N-methyl/N-ethyl adjacent to an activating group) is 1. The average Bonchev–Trinajstić information content (AvgIpc) is 3.31. The summed E-state index contributed by atoms with van der Waals surface area (Å²) in [4.78, 5) is 35.2. The molecule has 0 spiro atoms. The standard InChI is InChI=1S/C24H24ClN3O2S2/c1-5-27(6-2)23(30)20-15(4)26-24-28(21(20)16-7-9-17(25)10-8-16)22(29)19(32-24)13-18-14(3)11-12-31-18/h7-13,21H,5-6H2,1-4H3/b19-13+/t21-/m1/s1. The molecule has 5 nitrogen and oxygen atoms in total. The quantitative estimate of drug-likeness (QED) is 0.545. The van der Waals surface area contributed by atoms with E-state index in [-0.39, 0.29) is 11.5 Å². The number of nitrogens with zero attached hydrogens (tertiary/aromatic N) is 3.